The van der Waals surface area contributed by atoms with Crippen molar-refractivity contribution < 1.29 is 26.4 Å². The predicted octanol–water partition coefficient (Wildman–Crippen LogP) is 3.56. The number of piperidine rings is 1. The van der Waals surface area contributed by atoms with Crippen molar-refractivity contribution >= 4 is 84.1 Å². The number of benzene rings is 1. The third kappa shape index (κ3) is 7.97. The summed E-state index contributed by atoms with van der Waals surface area (Å²) in [6.07, 6.45) is 3.47. The molecule has 1 aromatic heterocycles. The minimum absolute atomic E-state index is 0.0245. The number of likely N-dealkylation sites (tertiary alicyclic amines) is 2. The third-order valence-corrected chi connectivity index (χ3v) is 11.0. The molecule has 2 fully saturated rings. The number of carbonyl (C=O) groups is 2. The fourth-order valence-electron chi connectivity index (χ4n) is 4.62. The molecule has 4 rings (SSSR count). The second kappa shape index (κ2) is 13.1. The summed E-state index contributed by atoms with van der Waals surface area (Å²) >= 11 is 19.1. The highest BCUT2D eigenvalue weighted by Gasteiger charge is 2.36. The van der Waals surface area contributed by atoms with Gasteiger partial charge in [-0.15, -0.1) is 11.3 Å². The van der Waals surface area contributed by atoms with E-state index in [-0.39, 0.29) is 33.9 Å². The molecule has 40 heavy (non-hydrogen) atoms. The molecule has 0 radical (unpaired) electrons. The summed E-state index contributed by atoms with van der Waals surface area (Å²) in [6.45, 7) is 0.461. The van der Waals surface area contributed by atoms with E-state index in [1.807, 2.05) is 0 Å². The van der Waals surface area contributed by atoms with Crippen LogP contribution in [0.4, 0.5) is 0 Å². The van der Waals surface area contributed by atoms with Gasteiger partial charge in [-0.2, -0.15) is 4.72 Å². The monoisotopic (exact) mass is 668 g/mol. The maximum atomic E-state index is 13.2. The first-order chi connectivity index (χ1) is 18.8. The van der Waals surface area contributed by atoms with Crippen LogP contribution in [0.5, 0.6) is 0 Å². The average Bonchev–Trinajstić information content (AvgIpc) is 3.54. The highest BCUT2D eigenvalue weighted by Crippen LogP contribution is 2.26. The van der Waals surface area contributed by atoms with Gasteiger partial charge in [0.15, 0.2) is 0 Å². The van der Waals surface area contributed by atoms with Crippen LogP contribution >= 0.6 is 46.1 Å². The van der Waals surface area contributed by atoms with Gasteiger partial charge in [0.2, 0.25) is 31.9 Å². The van der Waals surface area contributed by atoms with Crippen molar-refractivity contribution in [3.8, 4) is 0 Å². The highest BCUT2D eigenvalue weighted by molar-refractivity contribution is 7.92. The normalized spacial score (nSPS) is 20.5. The van der Waals surface area contributed by atoms with Crippen molar-refractivity contribution in [3.63, 3.8) is 0 Å². The van der Waals surface area contributed by atoms with E-state index < -0.39 is 38.0 Å². The highest BCUT2D eigenvalue weighted by atomic mass is 35.5. The fourth-order valence-corrected chi connectivity index (χ4v) is 8.52. The van der Waals surface area contributed by atoms with Crippen LogP contribution in [0.25, 0.3) is 6.08 Å². The second-order valence-corrected chi connectivity index (χ2v) is 15.3. The number of amides is 2. The molecule has 2 atom stereocenters. The summed E-state index contributed by atoms with van der Waals surface area (Å²) in [6, 6.07) is 6.06. The van der Waals surface area contributed by atoms with Gasteiger partial charge in [0, 0.05) is 41.0 Å². The van der Waals surface area contributed by atoms with Crippen molar-refractivity contribution in [2.75, 3.05) is 26.2 Å². The van der Waals surface area contributed by atoms with E-state index >= 15 is 0 Å². The van der Waals surface area contributed by atoms with Crippen LogP contribution in [0.15, 0.2) is 40.6 Å². The number of nitrogens with zero attached hydrogens (tertiary/aromatic N) is 2. The van der Waals surface area contributed by atoms with Crippen LogP contribution in [-0.2, 0) is 29.6 Å². The number of thiophene rings is 1. The van der Waals surface area contributed by atoms with Crippen LogP contribution < -0.4 is 9.44 Å². The Morgan fingerprint density at radius 2 is 1.80 bits per heavy atom. The van der Waals surface area contributed by atoms with Crippen LogP contribution in [-0.4, -0.2) is 76.7 Å². The lowest BCUT2D eigenvalue weighted by atomic mass is 10.1. The second-order valence-electron chi connectivity index (χ2n) is 9.37. The zero-order valence-electron chi connectivity index (χ0n) is 21.1. The average molecular weight is 670 g/mol. The molecule has 0 bridgehead atoms. The van der Waals surface area contributed by atoms with Gasteiger partial charge in [-0.25, -0.2) is 21.6 Å². The van der Waals surface area contributed by atoms with E-state index in [1.54, 1.807) is 17.0 Å². The largest absolute Gasteiger partial charge is 0.337 e. The Labute approximate surface area is 252 Å². The molecule has 0 spiro atoms. The molecule has 2 saturated heterocycles. The van der Waals surface area contributed by atoms with Gasteiger partial charge in [0.25, 0.3) is 0 Å². The molecule has 2 aromatic rings. The fraction of sp³-hybridized carbons (Fsp3) is 0.417. The zero-order valence-corrected chi connectivity index (χ0v) is 25.8. The van der Waals surface area contributed by atoms with Gasteiger partial charge in [0.1, 0.15) is 10.9 Å². The number of sulfonamides is 2. The van der Waals surface area contributed by atoms with E-state index in [0.29, 0.717) is 48.0 Å². The maximum Gasteiger partial charge on any atom is 0.242 e. The molecule has 0 saturated carbocycles. The summed E-state index contributed by atoms with van der Waals surface area (Å²) in [5.74, 6) is -0.823. The topological polar surface area (TPSA) is 133 Å². The molecule has 1 aromatic carbocycles. The van der Waals surface area contributed by atoms with E-state index in [1.165, 1.54) is 40.5 Å². The van der Waals surface area contributed by atoms with Crippen LogP contribution in [0, 0.1) is 0 Å². The molecule has 16 heteroatoms. The lowest BCUT2D eigenvalue weighted by Crippen LogP contribution is -2.55. The zero-order chi connectivity index (χ0) is 29.1. The van der Waals surface area contributed by atoms with Gasteiger partial charge in [-0.3, -0.25) is 9.59 Å². The van der Waals surface area contributed by atoms with Gasteiger partial charge in [-0.05, 0) is 62.1 Å². The van der Waals surface area contributed by atoms with Gasteiger partial charge in [-0.1, -0.05) is 34.8 Å². The van der Waals surface area contributed by atoms with Gasteiger partial charge >= 0.3 is 0 Å². The number of rotatable bonds is 10. The van der Waals surface area contributed by atoms with E-state index in [2.05, 4.69) is 9.44 Å². The van der Waals surface area contributed by atoms with E-state index in [4.69, 9.17) is 34.8 Å². The number of carbonyl (C=O) groups excluding carboxylic acids is 2. The molecular weight excluding hydrogens is 643 g/mol. The Morgan fingerprint density at radius 1 is 1.05 bits per heavy atom. The molecule has 0 unspecified atom stereocenters. The third-order valence-electron chi connectivity index (χ3n) is 6.56. The summed E-state index contributed by atoms with van der Waals surface area (Å²) in [5.41, 5.74) is 0. The van der Waals surface area contributed by atoms with Crippen molar-refractivity contribution in [3.05, 3.63) is 55.0 Å². The summed E-state index contributed by atoms with van der Waals surface area (Å²) in [5, 5.41) is 1.23. The number of hydrogen-bond acceptors (Lipinski definition) is 7. The number of halogens is 3. The van der Waals surface area contributed by atoms with Gasteiger partial charge < -0.3 is 9.80 Å². The standard InChI is InChI=1S/C24H27Cl3N4O6S3/c25-16-5-7-19(26)21(13-16)40(36,37)28-14-17-3-1-11-31(17)23(32)15-30-10-2-4-20(24(30)33)29-39(34,35)12-9-18-6-8-22(27)38-18/h5-9,12-13,17,20,28-29H,1-4,10-11,14-15H2/t17-,20-/m0/s1. The minimum Gasteiger partial charge on any atom is -0.337 e. The van der Waals surface area contributed by atoms with Crippen molar-refractivity contribution in [2.24, 2.45) is 0 Å². The van der Waals surface area contributed by atoms with Crippen LogP contribution in [0.3, 0.4) is 0 Å². The summed E-state index contributed by atoms with van der Waals surface area (Å²) in [4.78, 5) is 29.6. The van der Waals surface area contributed by atoms with Gasteiger partial charge in [0.05, 0.1) is 15.9 Å². The lowest BCUT2D eigenvalue weighted by Gasteiger charge is -2.34. The van der Waals surface area contributed by atoms with E-state index in [9.17, 15) is 26.4 Å². The molecule has 3 heterocycles. The molecule has 0 aliphatic carbocycles. The SMILES string of the molecule is O=C1[C@@H](NS(=O)(=O)C=Cc2ccc(Cl)s2)CCCN1CC(=O)N1CCC[C@H]1CNS(=O)(=O)c1cc(Cl)ccc1Cl. The molecule has 2 aliphatic rings. The van der Waals surface area contributed by atoms with Crippen molar-refractivity contribution in [2.45, 2.75) is 42.7 Å². The van der Waals surface area contributed by atoms with Crippen LogP contribution in [0.2, 0.25) is 14.4 Å². The molecule has 2 N–H and O–H groups in total. The summed E-state index contributed by atoms with van der Waals surface area (Å²) < 4.78 is 56.2. The summed E-state index contributed by atoms with van der Waals surface area (Å²) in [7, 11) is -7.90. The van der Waals surface area contributed by atoms with Crippen molar-refractivity contribution in [1.29, 1.82) is 0 Å². The quantitative estimate of drug-likeness (QED) is 0.398. The Hall–Kier alpha value is -1.71. The molecular formula is C24H27Cl3N4O6S3. The first-order valence-corrected chi connectivity index (χ1v) is 17.3. The maximum absolute atomic E-state index is 13.2. The Morgan fingerprint density at radius 3 is 2.52 bits per heavy atom. The molecule has 218 valence electrons. The molecule has 10 nitrogen and oxygen atoms in total. The Balaban J connectivity index is 1.34. The van der Waals surface area contributed by atoms with E-state index in [0.717, 1.165) is 5.41 Å². The van der Waals surface area contributed by atoms with Crippen molar-refractivity contribution in [1.82, 2.24) is 19.2 Å². The number of nitrogens with one attached hydrogen (secondary N) is 2. The van der Waals surface area contributed by atoms with Crippen LogP contribution in [0.1, 0.15) is 30.6 Å². The smallest absolute Gasteiger partial charge is 0.242 e. The Kier molecular flexibility index (Phi) is 10.2. The minimum atomic E-state index is -3.98. The Bertz CT molecular complexity index is 1510. The molecule has 2 aliphatic heterocycles. The molecule has 2 amide bonds. The number of hydrogen-bond donors (Lipinski definition) is 2. The predicted molar refractivity (Wildman–Crippen MR) is 156 cm³/mol. The first kappa shape index (κ1) is 31.2. The lowest BCUT2D eigenvalue weighted by molar-refractivity contribution is -0.143. The first-order valence-electron chi connectivity index (χ1n) is 12.3.